The molecule has 0 amide bonds. The zero-order valence-electron chi connectivity index (χ0n) is 16.8. The lowest BCUT2D eigenvalue weighted by Crippen LogP contribution is -2.16. The number of aromatic amines is 1. The number of benzene rings is 2. The van der Waals surface area contributed by atoms with Gasteiger partial charge in [-0.1, -0.05) is 49.4 Å². The van der Waals surface area contributed by atoms with Gasteiger partial charge in [0.15, 0.2) is 5.65 Å². The summed E-state index contributed by atoms with van der Waals surface area (Å²) >= 11 is 0. The summed E-state index contributed by atoms with van der Waals surface area (Å²) in [6.45, 7) is 4.49. The van der Waals surface area contributed by atoms with Gasteiger partial charge in [0.2, 0.25) is 0 Å². The summed E-state index contributed by atoms with van der Waals surface area (Å²) in [5.41, 5.74) is 4.75. The summed E-state index contributed by atoms with van der Waals surface area (Å²) < 4.78 is 0. The fourth-order valence-corrected chi connectivity index (χ4v) is 4.71. The van der Waals surface area contributed by atoms with Crippen molar-refractivity contribution in [2.75, 3.05) is 11.9 Å². The number of fused-ring (bicyclic) bond motifs is 2. The Morgan fingerprint density at radius 3 is 2.76 bits per heavy atom. The summed E-state index contributed by atoms with van der Waals surface area (Å²) in [4.78, 5) is 13.0. The predicted molar refractivity (Wildman–Crippen MR) is 118 cm³/mol. The van der Waals surface area contributed by atoms with Crippen LogP contribution in [0.25, 0.3) is 33.3 Å². The first-order valence-corrected chi connectivity index (χ1v) is 10.3. The minimum atomic E-state index is 0.263. The first-order valence-electron chi connectivity index (χ1n) is 10.3. The van der Waals surface area contributed by atoms with Gasteiger partial charge in [-0.15, -0.1) is 0 Å². The molecule has 3 N–H and O–H groups in total. The zero-order chi connectivity index (χ0) is 20.0. The number of H-pyrrole nitrogens is 1. The van der Waals surface area contributed by atoms with E-state index < -0.39 is 0 Å². The van der Waals surface area contributed by atoms with E-state index in [1.54, 1.807) is 0 Å². The molecule has 0 unspecified atom stereocenters. The molecular formula is C24H26N4O. The molecule has 0 aliphatic heterocycles. The Morgan fingerprint density at radius 1 is 1.10 bits per heavy atom. The molecule has 1 fully saturated rings. The molecule has 2 aromatic heterocycles. The van der Waals surface area contributed by atoms with E-state index in [0.717, 1.165) is 46.8 Å². The molecule has 0 spiro atoms. The van der Waals surface area contributed by atoms with Gasteiger partial charge in [0.1, 0.15) is 11.3 Å². The maximum atomic E-state index is 9.60. The van der Waals surface area contributed by atoms with Crippen molar-refractivity contribution in [1.82, 2.24) is 15.0 Å². The van der Waals surface area contributed by atoms with E-state index in [0.29, 0.717) is 17.9 Å². The van der Waals surface area contributed by atoms with Crippen LogP contribution in [0.5, 0.6) is 0 Å². The first-order chi connectivity index (χ1) is 14.1. The van der Waals surface area contributed by atoms with Gasteiger partial charge >= 0.3 is 0 Å². The average molecular weight is 386 g/mol. The molecule has 1 aliphatic carbocycles. The SMILES string of the molecule is Cc1cc(N[C@@H]2C[C@@H](CO)[C@@H](C)C2)c2[nH]c(-c3cccc4ccccc34)nc2n1. The number of nitrogens with zero attached hydrogens (tertiary/aromatic N) is 2. The normalized spacial score (nSPS) is 21.8. The van der Waals surface area contributed by atoms with Gasteiger partial charge in [-0.2, -0.15) is 0 Å². The van der Waals surface area contributed by atoms with Crippen molar-refractivity contribution in [3.05, 3.63) is 54.2 Å². The standard InChI is InChI=1S/C24H26N4O/c1-14-10-18(12-17(14)13-29)26-21-11-15(2)25-24-22(21)27-23(28-24)20-9-5-7-16-6-3-4-8-19(16)20/h3-9,11,14,17-18,29H,10,12-13H2,1-2H3,(H2,25,26,27,28)/t14-,17-,18-/m0/s1. The minimum absolute atomic E-state index is 0.263. The van der Waals surface area contributed by atoms with E-state index in [2.05, 4.69) is 70.7 Å². The number of nitrogens with one attached hydrogen (secondary N) is 2. The number of aryl methyl sites for hydroxylation is 1. The van der Waals surface area contributed by atoms with Crippen LogP contribution in [0.3, 0.4) is 0 Å². The molecule has 5 nitrogen and oxygen atoms in total. The van der Waals surface area contributed by atoms with Crippen molar-refractivity contribution >= 4 is 27.6 Å². The van der Waals surface area contributed by atoms with Crippen molar-refractivity contribution in [2.45, 2.75) is 32.7 Å². The number of aromatic nitrogens is 3. The second-order valence-electron chi connectivity index (χ2n) is 8.35. The van der Waals surface area contributed by atoms with Gasteiger partial charge in [-0.05, 0) is 48.4 Å². The number of pyridine rings is 1. The highest BCUT2D eigenvalue weighted by molar-refractivity contribution is 5.97. The van der Waals surface area contributed by atoms with Crippen LogP contribution in [0.4, 0.5) is 5.69 Å². The van der Waals surface area contributed by atoms with Gasteiger partial charge in [-0.25, -0.2) is 9.97 Å². The molecule has 3 atom stereocenters. The largest absolute Gasteiger partial charge is 0.396 e. The number of rotatable bonds is 4. The highest BCUT2D eigenvalue weighted by Gasteiger charge is 2.31. The molecule has 2 aromatic carbocycles. The predicted octanol–water partition coefficient (Wildman–Crippen LogP) is 4.91. The summed E-state index contributed by atoms with van der Waals surface area (Å²) in [5.74, 6) is 1.74. The smallest absolute Gasteiger partial charge is 0.180 e. The van der Waals surface area contributed by atoms with Crippen LogP contribution in [-0.4, -0.2) is 32.7 Å². The molecule has 0 saturated heterocycles. The van der Waals surface area contributed by atoms with Crippen molar-refractivity contribution in [3.8, 4) is 11.4 Å². The monoisotopic (exact) mass is 386 g/mol. The third-order valence-corrected chi connectivity index (χ3v) is 6.28. The van der Waals surface area contributed by atoms with Crippen LogP contribution in [0.15, 0.2) is 48.5 Å². The van der Waals surface area contributed by atoms with E-state index >= 15 is 0 Å². The Labute approximate surface area is 170 Å². The molecule has 4 aromatic rings. The highest BCUT2D eigenvalue weighted by atomic mass is 16.3. The fourth-order valence-electron chi connectivity index (χ4n) is 4.71. The lowest BCUT2D eigenvalue weighted by Gasteiger charge is -2.15. The highest BCUT2D eigenvalue weighted by Crippen LogP contribution is 2.35. The van der Waals surface area contributed by atoms with Gasteiger partial charge < -0.3 is 15.4 Å². The third-order valence-electron chi connectivity index (χ3n) is 6.28. The van der Waals surface area contributed by atoms with Crippen molar-refractivity contribution in [2.24, 2.45) is 11.8 Å². The lowest BCUT2D eigenvalue weighted by molar-refractivity contribution is 0.201. The number of aliphatic hydroxyl groups is 1. The molecule has 5 rings (SSSR count). The van der Waals surface area contributed by atoms with Gasteiger partial charge in [-0.3, -0.25) is 0 Å². The van der Waals surface area contributed by atoms with E-state index in [1.807, 2.05) is 6.92 Å². The molecule has 2 heterocycles. The first kappa shape index (κ1) is 18.1. The maximum Gasteiger partial charge on any atom is 0.180 e. The van der Waals surface area contributed by atoms with Crippen LogP contribution < -0.4 is 5.32 Å². The van der Waals surface area contributed by atoms with Gasteiger partial charge in [0, 0.05) is 23.9 Å². The Balaban J connectivity index is 1.56. The third kappa shape index (κ3) is 3.25. The quantitative estimate of drug-likeness (QED) is 0.466. The fraction of sp³-hybridized carbons (Fsp3) is 0.333. The Bertz CT molecular complexity index is 1180. The molecule has 1 saturated carbocycles. The summed E-state index contributed by atoms with van der Waals surface area (Å²) in [7, 11) is 0. The lowest BCUT2D eigenvalue weighted by atomic mass is 10.00. The molecular weight excluding hydrogens is 360 g/mol. The zero-order valence-corrected chi connectivity index (χ0v) is 16.8. The van der Waals surface area contributed by atoms with Crippen molar-refractivity contribution in [3.63, 3.8) is 0 Å². The second kappa shape index (κ2) is 7.16. The van der Waals surface area contributed by atoms with E-state index in [1.165, 1.54) is 10.8 Å². The van der Waals surface area contributed by atoms with E-state index in [-0.39, 0.29) is 6.61 Å². The summed E-state index contributed by atoms with van der Waals surface area (Å²) in [6.07, 6.45) is 2.06. The number of hydrogen-bond acceptors (Lipinski definition) is 4. The van der Waals surface area contributed by atoms with E-state index in [9.17, 15) is 5.11 Å². The molecule has 1 aliphatic rings. The van der Waals surface area contributed by atoms with Crippen molar-refractivity contribution < 1.29 is 5.11 Å². The Hall–Kier alpha value is -2.92. The van der Waals surface area contributed by atoms with Gasteiger partial charge in [0.05, 0.1) is 5.69 Å². The van der Waals surface area contributed by atoms with Crippen LogP contribution in [0.1, 0.15) is 25.5 Å². The number of aliphatic hydroxyl groups excluding tert-OH is 1. The summed E-state index contributed by atoms with van der Waals surface area (Å²) in [5, 5.41) is 15.7. The van der Waals surface area contributed by atoms with Gasteiger partial charge in [0.25, 0.3) is 0 Å². The molecule has 5 heteroatoms. The van der Waals surface area contributed by atoms with Crippen molar-refractivity contribution in [1.29, 1.82) is 0 Å². The average Bonchev–Trinajstić information content (AvgIpc) is 3.30. The molecule has 29 heavy (non-hydrogen) atoms. The van der Waals surface area contributed by atoms with Crippen LogP contribution in [0, 0.1) is 18.8 Å². The topological polar surface area (TPSA) is 73.8 Å². The van der Waals surface area contributed by atoms with Crippen LogP contribution in [0.2, 0.25) is 0 Å². The number of anilines is 1. The van der Waals surface area contributed by atoms with E-state index in [4.69, 9.17) is 4.98 Å². The molecule has 0 bridgehead atoms. The Morgan fingerprint density at radius 2 is 1.93 bits per heavy atom. The maximum absolute atomic E-state index is 9.60. The second-order valence-corrected chi connectivity index (χ2v) is 8.35. The molecule has 0 radical (unpaired) electrons. The number of imidazole rings is 1. The summed E-state index contributed by atoms with van der Waals surface area (Å²) in [6, 6.07) is 17.1. The molecule has 148 valence electrons. The van der Waals surface area contributed by atoms with Crippen LogP contribution >= 0.6 is 0 Å². The van der Waals surface area contributed by atoms with Crippen LogP contribution in [-0.2, 0) is 0 Å². The Kier molecular flexibility index (Phi) is 4.47. The number of hydrogen-bond donors (Lipinski definition) is 3. The minimum Gasteiger partial charge on any atom is -0.396 e.